The predicted molar refractivity (Wildman–Crippen MR) is 126 cm³/mol. The number of carbonyl (C=O) groups excluding carboxylic acids is 2. The first-order chi connectivity index (χ1) is 14.4. The maximum absolute atomic E-state index is 13.3. The van der Waals surface area contributed by atoms with E-state index >= 15 is 0 Å². The lowest BCUT2D eigenvalue weighted by Gasteiger charge is -2.31. The Hall–Kier alpha value is -2.39. The second-order valence-electron chi connectivity index (χ2n) is 7.50. The van der Waals surface area contributed by atoms with Crippen LogP contribution >= 0.6 is 15.9 Å². The van der Waals surface area contributed by atoms with Crippen LogP contribution in [0.25, 0.3) is 0 Å². The largest absolute Gasteiger partial charge is 0.357 e. The lowest BCUT2D eigenvalue weighted by atomic mass is 10.1. The van der Waals surface area contributed by atoms with Crippen LogP contribution in [0.5, 0.6) is 0 Å². The van der Waals surface area contributed by atoms with Gasteiger partial charge in [-0.25, -0.2) is 8.42 Å². The van der Waals surface area contributed by atoms with E-state index in [0.717, 1.165) is 31.7 Å². The highest BCUT2D eigenvalue weighted by Crippen LogP contribution is 2.25. The number of hydrogen-bond acceptors (Lipinski definition) is 4. The van der Waals surface area contributed by atoms with Crippen LogP contribution in [0.4, 0.5) is 5.69 Å². The Morgan fingerprint density at radius 3 is 2.35 bits per heavy atom. The van der Waals surface area contributed by atoms with Gasteiger partial charge < -0.3 is 10.2 Å². The average Bonchev–Trinajstić information content (AvgIpc) is 2.70. The Morgan fingerprint density at radius 2 is 1.81 bits per heavy atom. The van der Waals surface area contributed by atoms with Gasteiger partial charge in [0.05, 0.1) is 11.9 Å². The summed E-state index contributed by atoms with van der Waals surface area (Å²) in [5.74, 6) is -0.796. The minimum atomic E-state index is -3.74. The van der Waals surface area contributed by atoms with Gasteiger partial charge in [0.25, 0.3) is 0 Å². The molecule has 7 nitrogen and oxygen atoms in total. The first kappa shape index (κ1) is 24.9. The van der Waals surface area contributed by atoms with Gasteiger partial charge in [-0.2, -0.15) is 0 Å². The second kappa shape index (κ2) is 10.3. The maximum Gasteiger partial charge on any atom is 0.244 e. The summed E-state index contributed by atoms with van der Waals surface area (Å²) in [6.45, 7) is 5.19. The molecule has 0 spiro atoms. The molecule has 2 amide bonds. The molecule has 0 aliphatic rings. The van der Waals surface area contributed by atoms with Crippen molar-refractivity contribution in [1.82, 2.24) is 10.2 Å². The van der Waals surface area contributed by atoms with Gasteiger partial charge in [0.15, 0.2) is 0 Å². The van der Waals surface area contributed by atoms with Gasteiger partial charge in [-0.1, -0.05) is 45.8 Å². The number of nitrogens with one attached hydrogen (secondary N) is 1. The molecular formula is C22H28BrN3O4S. The molecule has 0 radical (unpaired) electrons. The zero-order valence-electron chi connectivity index (χ0n) is 18.3. The summed E-state index contributed by atoms with van der Waals surface area (Å²) >= 11 is 3.40. The number of nitrogens with zero attached hydrogens (tertiary/aromatic N) is 2. The highest BCUT2D eigenvalue weighted by atomic mass is 79.9. The number of benzene rings is 2. The summed E-state index contributed by atoms with van der Waals surface area (Å²) < 4.78 is 26.9. The molecular weight excluding hydrogens is 482 g/mol. The number of sulfonamides is 1. The smallest absolute Gasteiger partial charge is 0.244 e. The average molecular weight is 510 g/mol. The Morgan fingerprint density at radius 1 is 1.13 bits per heavy atom. The van der Waals surface area contributed by atoms with Crippen LogP contribution in [0.2, 0.25) is 0 Å². The van der Waals surface area contributed by atoms with Crippen molar-refractivity contribution in [3.8, 4) is 0 Å². The van der Waals surface area contributed by atoms with E-state index in [9.17, 15) is 18.0 Å². The number of carbonyl (C=O) groups is 2. The Bertz CT molecular complexity index is 1070. The van der Waals surface area contributed by atoms with Gasteiger partial charge in [-0.05, 0) is 50.1 Å². The monoisotopic (exact) mass is 509 g/mol. The van der Waals surface area contributed by atoms with Gasteiger partial charge >= 0.3 is 0 Å². The standard InChI is InChI=1S/C22H28BrN3O4S/c1-15-7-6-8-18(11-15)13-25(17(3)22(28)24-4)21(27)14-26(31(5,29)30)19-9-10-20(23)16(2)12-19/h6-12,17H,13-14H2,1-5H3,(H,24,28). The molecule has 0 fully saturated rings. The zero-order valence-corrected chi connectivity index (χ0v) is 20.7. The van der Waals surface area contributed by atoms with E-state index < -0.39 is 28.5 Å². The molecule has 0 aliphatic heterocycles. The van der Waals surface area contributed by atoms with E-state index in [1.807, 2.05) is 38.1 Å². The first-order valence-corrected chi connectivity index (χ1v) is 12.4. The van der Waals surface area contributed by atoms with Gasteiger partial charge in [-0.15, -0.1) is 0 Å². The van der Waals surface area contributed by atoms with E-state index in [1.165, 1.54) is 11.9 Å². The third kappa shape index (κ3) is 6.54. The summed E-state index contributed by atoms with van der Waals surface area (Å²) in [5.41, 5.74) is 3.11. The van der Waals surface area contributed by atoms with Crippen molar-refractivity contribution in [3.05, 3.63) is 63.6 Å². The summed E-state index contributed by atoms with van der Waals surface area (Å²) in [7, 11) is -2.24. The molecule has 168 valence electrons. The highest BCUT2D eigenvalue weighted by Gasteiger charge is 2.29. The van der Waals surface area contributed by atoms with Crippen LogP contribution in [-0.2, 0) is 26.2 Å². The fourth-order valence-electron chi connectivity index (χ4n) is 3.20. The van der Waals surface area contributed by atoms with E-state index in [1.54, 1.807) is 25.1 Å². The number of aryl methyl sites for hydroxylation is 2. The molecule has 1 atom stereocenters. The molecule has 0 saturated heterocycles. The molecule has 31 heavy (non-hydrogen) atoms. The predicted octanol–water partition coefficient (Wildman–Crippen LogP) is 3.00. The fraction of sp³-hybridized carbons (Fsp3) is 0.364. The van der Waals surface area contributed by atoms with Crippen molar-refractivity contribution in [1.29, 1.82) is 0 Å². The summed E-state index contributed by atoms with van der Waals surface area (Å²) in [6, 6.07) is 11.9. The van der Waals surface area contributed by atoms with Crippen LogP contribution in [0, 0.1) is 13.8 Å². The van der Waals surface area contributed by atoms with Crippen LogP contribution in [0.15, 0.2) is 46.9 Å². The first-order valence-electron chi connectivity index (χ1n) is 9.74. The number of amides is 2. The normalized spacial score (nSPS) is 12.2. The van der Waals surface area contributed by atoms with Gasteiger partial charge in [0.1, 0.15) is 12.6 Å². The van der Waals surface area contributed by atoms with Crippen LogP contribution in [0.3, 0.4) is 0 Å². The fourth-order valence-corrected chi connectivity index (χ4v) is 4.28. The molecule has 1 unspecified atom stereocenters. The van der Waals surface area contributed by atoms with Gasteiger partial charge in [0, 0.05) is 18.1 Å². The summed E-state index contributed by atoms with van der Waals surface area (Å²) in [6.07, 6.45) is 1.06. The minimum Gasteiger partial charge on any atom is -0.357 e. The van der Waals surface area contributed by atoms with Crippen LogP contribution in [-0.4, -0.2) is 51.0 Å². The summed E-state index contributed by atoms with van der Waals surface area (Å²) in [5, 5.41) is 2.56. The highest BCUT2D eigenvalue weighted by molar-refractivity contribution is 9.10. The van der Waals surface area contributed by atoms with E-state index in [2.05, 4.69) is 21.2 Å². The van der Waals surface area contributed by atoms with Crippen molar-refractivity contribution in [3.63, 3.8) is 0 Å². The molecule has 0 saturated carbocycles. The number of likely N-dealkylation sites (N-methyl/N-ethyl adjacent to an activating group) is 1. The maximum atomic E-state index is 13.3. The molecule has 0 heterocycles. The van der Waals surface area contributed by atoms with Crippen molar-refractivity contribution < 1.29 is 18.0 Å². The molecule has 0 bridgehead atoms. The Kier molecular flexibility index (Phi) is 8.25. The third-order valence-electron chi connectivity index (χ3n) is 4.96. The van der Waals surface area contributed by atoms with Crippen LogP contribution < -0.4 is 9.62 Å². The lowest BCUT2D eigenvalue weighted by Crippen LogP contribution is -2.50. The van der Waals surface area contributed by atoms with E-state index in [4.69, 9.17) is 0 Å². The molecule has 2 aromatic rings. The summed E-state index contributed by atoms with van der Waals surface area (Å²) in [4.78, 5) is 27.0. The minimum absolute atomic E-state index is 0.187. The van der Waals surface area contributed by atoms with Crippen LogP contribution in [0.1, 0.15) is 23.6 Å². The van der Waals surface area contributed by atoms with Gasteiger partial charge in [-0.3, -0.25) is 13.9 Å². The second-order valence-corrected chi connectivity index (χ2v) is 10.3. The lowest BCUT2D eigenvalue weighted by molar-refractivity contribution is -0.139. The van der Waals surface area contributed by atoms with E-state index in [0.29, 0.717) is 5.69 Å². The number of rotatable bonds is 8. The quantitative estimate of drug-likeness (QED) is 0.592. The topological polar surface area (TPSA) is 86.8 Å². The number of hydrogen-bond donors (Lipinski definition) is 1. The van der Waals surface area contributed by atoms with Crippen molar-refractivity contribution in [2.75, 3.05) is 24.2 Å². The zero-order chi connectivity index (χ0) is 23.3. The SMILES string of the molecule is CNC(=O)C(C)N(Cc1cccc(C)c1)C(=O)CN(c1ccc(Br)c(C)c1)S(C)(=O)=O. The molecule has 2 rings (SSSR count). The molecule has 9 heteroatoms. The van der Waals surface area contributed by atoms with E-state index in [-0.39, 0.29) is 12.5 Å². The van der Waals surface area contributed by atoms with Gasteiger partial charge in [0.2, 0.25) is 21.8 Å². The van der Waals surface area contributed by atoms with Crippen molar-refractivity contribution >= 4 is 43.5 Å². The number of anilines is 1. The molecule has 0 aromatic heterocycles. The Labute approximate surface area is 192 Å². The van der Waals surface area contributed by atoms with Crippen molar-refractivity contribution in [2.45, 2.75) is 33.4 Å². The molecule has 1 N–H and O–H groups in total. The third-order valence-corrected chi connectivity index (χ3v) is 6.99. The molecule has 0 aliphatic carbocycles. The molecule has 2 aromatic carbocycles. The number of halogens is 1. The van der Waals surface area contributed by atoms with Crippen molar-refractivity contribution in [2.24, 2.45) is 0 Å². The Balaban J connectivity index is 2.40.